The summed E-state index contributed by atoms with van der Waals surface area (Å²) in [6.07, 6.45) is 0. The molecule has 0 aliphatic rings. The molecule has 0 amide bonds. The van der Waals surface area contributed by atoms with Crippen LogP contribution in [0.25, 0.3) is 0 Å². The second kappa shape index (κ2) is 4.69. The summed E-state index contributed by atoms with van der Waals surface area (Å²) in [5, 5.41) is 0. The van der Waals surface area contributed by atoms with E-state index in [1.807, 2.05) is 0 Å². The van der Waals surface area contributed by atoms with E-state index in [1.165, 1.54) is 12.1 Å². The maximum Gasteiger partial charge on any atom is 0.169 e. The molecular formula is C11H8Br2FNO. The molecular weight excluding hydrogens is 341 g/mol. The molecule has 0 aliphatic carbocycles. The van der Waals surface area contributed by atoms with E-state index in [-0.39, 0.29) is 5.82 Å². The van der Waals surface area contributed by atoms with E-state index in [0.717, 1.165) is 4.47 Å². The molecule has 1 atom stereocenters. The third-order valence-corrected chi connectivity index (χ3v) is 3.34. The third-order valence-electron chi connectivity index (χ3n) is 2.19. The fraction of sp³-hybridized carbons (Fsp3) is 0.0909. The summed E-state index contributed by atoms with van der Waals surface area (Å²) >= 11 is 6.53. The molecule has 84 valence electrons. The van der Waals surface area contributed by atoms with Crippen molar-refractivity contribution in [2.24, 2.45) is 5.73 Å². The highest BCUT2D eigenvalue weighted by atomic mass is 79.9. The Morgan fingerprint density at radius 2 is 1.94 bits per heavy atom. The van der Waals surface area contributed by atoms with Gasteiger partial charge < -0.3 is 10.2 Å². The number of benzene rings is 1. The standard InChI is InChI=1S/C11H8Br2FNO/c12-8-2-1-6(14)5-7(8)11(15)9-3-4-10(13)16-9/h1-5,11H,15H2. The smallest absolute Gasteiger partial charge is 0.169 e. The van der Waals surface area contributed by atoms with Gasteiger partial charge in [-0.1, -0.05) is 15.9 Å². The van der Waals surface area contributed by atoms with Gasteiger partial charge in [-0.2, -0.15) is 0 Å². The van der Waals surface area contributed by atoms with Crippen LogP contribution in [-0.4, -0.2) is 0 Å². The van der Waals surface area contributed by atoms with Gasteiger partial charge in [-0.25, -0.2) is 4.39 Å². The van der Waals surface area contributed by atoms with Gasteiger partial charge in [-0.15, -0.1) is 0 Å². The highest BCUT2D eigenvalue weighted by Gasteiger charge is 2.16. The minimum Gasteiger partial charge on any atom is -0.452 e. The second-order valence-electron chi connectivity index (χ2n) is 3.29. The van der Waals surface area contributed by atoms with Crippen molar-refractivity contribution < 1.29 is 8.81 Å². The van der Waals surface area contributed by atoms with Crippen molar-refractivity contribution in [3.8, 4) is 0 Å². The lowest BCUT2D eigenvalue weighted by molar-refractivity contribution is 0.469. The van der Waals surface area contributed by atoms with Gasteiger partial charge in [-0.05, 0) is 51.8 Å². The lowest BCUT2D eigenvalue weighted by atomic mass is 10.1. The minimum absolute atomic E-state index is 0.320. The van der Waals surface area contributed by atoms with Gasteiger partial charge in [0.1, 0.15) is 11.6 Å². The Bertz CT molecular complexity index is 512. The average molecular weight is 349 g/mol. The van der Waals surface area contributed by atoms with E-state index in [2.05, 4.69) is 31.9 Å². The normalized spacial score (nSPS) is 12.8. The zero-order chi connectivity index (χ0) is 11.7. The topological polar surface area (TPSA) is 39.2 Å². The van der Waals surface area contributed by atoms with Gasteiger partial charge in [0.05, 0.1) is 6.04 Å². The van der Waals surface area contributed by atoms with Crippen molar-refractivity contribution in [2.75, 3.05) is 0 Å². The summed E-state index contributed by atoms with van der Waals surface area (Å²) in [4.78, 5) is 0. The second-order valence-corrected chi connectivity index (χ2v) is 4.92. The Kier molecular flexibility index (Phi) is 3.47. The first-order valence-corrected chi connectivity index (χ1v) is 6.12. The van der Waals surface area contributed by atoms with Gasteiger partial charge in [0.2, 0.25) is 0 Å². The van der Waals surface area contributed by atoms with E-state index in [0.29, 0.717) is 16.0 Å². The number of hydrogen-bond acceptors (Lipinski definition) is 2. The monoisotopic (exact) mass is 347 g/mol. The minimum atomic E-state index is -0.489. The van der Waals surface area contributed by atoms with E-state index < -0.39 is 6.04 Å². The van der Waals surface area contributed by atoms with Crippen LogP contribution in [0, 0.1) is 5.82 Å². The molecule has 0 bridgehead atoms. The summed E-state index contributed by atoms with van der Waals surface area (Å²) < 4.78 is 19.8. The molecule has 0 saturated heterocycles. The fourth-order valence-corrected chi connectivity index (χ4v) is 2.21. The van der Waals surface area contributed by atoms with Crippen LogP contribution < -0.4 is 5.73 Å². The predicted octanol–water partition coefficient (Wildman–Crippen LogP) is 3.99. The Hall–Kier alpha value is -0.650. The molecule has 0 fully saturated rings. The van der Waals surface area contributed by atoms with Gasteiger partial charge in [-0.3, -0.25) is 0 Å². The largest absolute Gasteiger partial charge is 0.452 e. The highest BCUT2D eigenvalue weighted by molar-refractivity contribution is 9.10. The molecule has 1 unspecified atom stereocenters. The average Bonchev–Trinajstić information content (AvgIpc) is 2.67. The van der Waals surface area contributed by atoms with Crippen molar-refractivity contribution in [3.63, 3.8) is 0 Å². The Balaban J connectivity index is 2.40. The zero-order valence-electron chi connectivity index (χ0n) is 8.08. The van der Waals surface area contributed by atoms with Crippen molar-refractivity contribution >= 4 is 31.9 Å². The van der Waals surface area contributed by atoms with Crippen molar-refractivity contribution in [3.05, 3.63) is 56.6 Å². The molecule has 1 heterocycles. The number of furan rings is 1. The highest BCUT2D eigenvalue weighted by Crippen LogP contribution is 2.29. The van der Waals surface area contributed by atoms with Crippen LogP contribution in [0.2, 0.25) is 0 Å². The molecule has 1 aromatic carbocycles. The summed E-state index contributed by atoms with van der Waals surface area (Å²) in [6.45, 7) is 0. The summed E-state index contributed by atoms with van der Waals surface area (Å²) in [5.74, 6) is 0.262. The third kappa shape index (κ3) is 2.36. The molecule has 2 nitrogen and oxygen atoms in total. The van der Waals surface area contributed by atoms with Crippen molar-refractivity contribution in [2.45, 2.75) is 6.04 Å². The molecule has 5 heteroatoms. The van der Waals surface area contributed by atoms with Crippen molar-refractivity contribution in [1.29, 1.82) is 0 Å². The molecule has 0 radical (unpaired) electrons. The Morgan fingerprint density at radius 3 is 2.56 bits per heavy atom. The van der Waals surface area contributed by atoms with E-state index in [9.17, 15) is 4.39 Å². The van der Waals surface area contributed by atoms with Crippen LogP contribution in [0.1, 0.15) is 17.4 Å². The van der Waals surface area contributed by atoms with Crippen LogP contribution in [0.4, 0.5) is 4.39 Å². The maximum absolute atomic E-state index is 13.1. The van der Waals surface area contributed by atoms with Gasteiger partial charge in [0, 0.05) is 4.47 Å². The lowest BCUT2D eigenvalue weighted by Gasteiger charge is -2.11. The first-order chi connectivity index (χ1) is 7.58. The Morgan fingerprint density at radius 1 is 1.19 bits per heavy atom. The maximum atomic E-state index is 13.1. The fourth-order valence-electron chi connectivity index (χ4n) is 1.40. The quantitative estimate of drug-likeness (QED) is 0.891. The zero-order valence-corrected chi connectivity index (χ0v) is 11.3. The molecule has 2 N–H and O–H groups in total. The van der Waals surface area contributed by atoms with Gasteiger partial charge in [0.15, 0.2) is 4.67 Å². The van der Waals surface area contributed by atoms with Gasteiger partial charge in [0.25, 0.3) is 0 Å². The molecule has 2 rings (SSSR count). The number of hydrogen-bond donors (Lipinski definition) is 1. The summed E-state index contributed by atoms with van der Waals surface area (Å²) in [5.41, 5.74) is 6.64. The van der Waals surface area contributed by atoms with E-state index in [4.69, 9.17) is 10.2 Å². The molecule has 0 saturated carbocycles. The molecule has 0 spiro atoms. The molecule has 0 aliphatic heterocycles. The van der Waals surface area contributed by atoms with Crippen LogP contribution in [0.5, 0.6) is 0 Å². The number of rotatable bonds is 2. The van der Waals surface area contributed by atoms with Crippen molar-refractivity contribution in [1.82, 2.24) is 0 Å². The SMILES string of the molecule is NC(c1ccc(Br)o1)c1cc(F)ccc1Br. The molecule has 1 aromatic heterocycles. The van der Waals surface area contributed by atoms with Crippen LogP contribution in [0.15, 0.2) is 43.9 Å². The molecule has 16 heavy (non-hydrogen) atoms. The summed E-state index contributed by atoms with van der Waals surface area (Å²) in [7, 11) is 0. The first-order valence-electron chi connectivity index (χ1n) is 4.53. The number of halogens is 3. The van der Waals surface area contributed by atoms with Crippen LogP contribution >= 0.6 is 31.9 Å². The summed E-state index contributed by atoms with van der Waals surface area (Å²) in [6, 6.07) is 7.41. The first kappa shape index (κ1) is 11.8. The van der Waals surface area contributed by atoms with Crippen LogP contribution in [-0.2, 0) is 0 Å². The number of nitrogens with two attached hydrogens (primary N) is 1. The molecule has 2 aromatic rings. The van der Waals surface area contributed by atoms with Gasteiger partial charge >= 0.3 is 0 Å². The Labute approximate surface area is 109 Å². The van der Waals surface area contributed by atoms with Crippen LogP contribution in [0.3, 0.4) is 0 Å². The van der Waals surface area contributed by atoms with E-state index >= 15 is 0 Å². The van der Waals surface area contributed by atoms with E-state index in [1.54, 1.807) is 18.2 Å². The predicted molar refractivity (Wildman–Crippen MR) is 66.5 cm³/mol. The lowest BCUT2D eigenvalue weighted by Crippen LogP contribution is -2.11.